The second kappa shape index (κ2) is 6.56. The first kappa shape index (κ1) is 16.8. The van der Waals surface area contributed by atoms with Crippen molar-refractivity contribution in [1.29, 1.82) is 0 Å². The molecule has 4 saturated heterocycles. The number of likely N-dealkylation sites (tertiary alicyclic amines) is 1. The van der Waals surface area contributed by atoms with E-state index in [4.69, 9.17) is 0 Å². The van der Waals surface area contributed by atoms with Crippen LogP contribution in [0.5, 0.6) is 0 Å². The number of halogens is 2. The Morgan fingerprint density at radius 2 is 1.84 bits per heavy atom. The number of piperidine rings is 3. The SMILES string of the molecule is CCCNC(=O)N1C[C@H](c2cc(F)cc(F)c2)[C@H]2[C@@H]1C1CCN2CC1. The van der Waals surface area contributed by atoms with Gasteiger partial charge in [0.1, 0.15) is 11.6 Å². The number of carbonyl (C=O) groups is 1. The Morgan fingerprint density at radius 1 is 1.16 bits per heavy atom. The van der Waals surface area contributed by atoms with Gasteiger partial charge in [0.25, 0.3) is 0 Å². The fourth-order valence-corrected chi connectivity index (χ4v) is 5.07. The van der Waals surface area contributed by atoms with E-state index in [1.54, 1.807) is 0 Å². The van der Waals surface area contributed by atoms with Crippen LogP contribution in [-0.2, 0) is 0 Å². The molecule has 4 heterocycles. The Hall–Kier alpha value is -1.69. The van der Waals surface area contributed by atoms with Crippen LogP contribution in [0.2, 0.25) is 0 Å². The van der Waals surface area contributed by atoms with Crippen LogP contribution in [-0.4, -0.2) is 54.1 Å². The lowest BCUT2D eigenvalue weighted by molar-refractivity contribution is 0.00353. The van der Waals surface area contributed by atoms with E-state index in [2.05, 4.69) is 10.2 Å². The highest BCUT2D eigenvalue weighted by Crippen LogP contribution is 2.46. The van der Waals surface area contributed by atoms with Crippen LogP contribution >= 0.6 is 0 Å². The van der Waals surface area contributed by atoms with Crippen molar-refractivity contribution in [3.63, 3.8) is 0 Å². The van der Waals surface area contributed by atoms with Crippen LogP contribution in [0.25, 0.3) is 0 Å². The minimum atomic E-state index is -0.545. The average Bonchev–Trinajstić information content (AvgIpc) is 3.03. The number of benzene rings is 1. The molecule has 0 unspecified atom stereocenters. The summed E-state index contributed by atoms with van der Waals surface area (Å²) < 4.78 is 27.5. The molecule has 2 bridgehead atoms. The highest BCUT2D eigenvalue weighted by molar-refractivity contribution is 5.75. The largest absolute Gasteiger partial charge is 0.338 e. The van der Waals surface area contributed by atoms with Crippen molar-refractivity contribution in [2.45, 2.75) is 44.2 Å². The van der Waals surface area contributed by atoms with Gasteiger partial charge in [-0.15, -0.1) is 0 Å². The molecule has 25 heavy (non-hydrogen) atoms. The summed E-state index contributed by atoms with van der Waals surface area (Å²) in [5.74, 6) is -0.635. The van der Waals surface area contributed by atoms with Crippen molar-refractivity contribution >= 4 is 6.03 Å². The third kappa shape index (κ3) is 2.90. The molecule has 4 aliphatic rings. The van der Waals surface area contributed by atoms with E-state index in [0.29, 0.717) is 24.6 Å². The van der Waals surface area contributed by atoms with Crippen LogP contribution in [0.4, 0.5) is 13.6 Å². The molecule has 1 aromatic rings. The summed E-state index contributed by atoms with van der Waals surface area (Å²) in [5, 5.41) is 2.98. The molecule has 6 heteroatoms. The molecule has 0 radical (unpaired) electrons. The van der Waals surface area contributed by atoms with E-state index in [0.717, 1.165) is 38.4 Å². The first-order valence-electron chi connectivity index (χ1n) is 9.33. The minimum Gasteiger partial charge on any atom is -0.338 e. The summed E-state index contributed by atoms with van der Waals surface area (Å²) in [6.45, 7) is 5.25. The van der Waals surface area contributed by atoms with Gasteiger partial charge in [0.15, 0.2) is 0 Å². The number of amides is 2. The number of fused-ring (bicyclic) bond motifs is 2. The van der Waals surface area contributed by atoms with E-state index in [1.165, 1.54) is 12.1 Å². The zero-order chi connectivity index (χ0) is 17.6. The number of carbonyl (C=O) groups excluding carboxylic acids is 1. The normalized spacial score (nSPS) is 33.4. The highest BCUT2D eigenvalue weighted by atomic mass is 19.1. The standard InChI is InChI=1S/C19H25F2N3O/c1-2-5-22-19(25)24-11-16(13-8-14(20)10-15(21)9-13)18-17(24)12-3-6-23(18)7-4-12/h8-10,12,16-18H,2-7,11H2,1H3,(H,22,25)/t16-,17+,18+/m1/s1. The number of urea groups is 1. The molecule has 1 aromatic carbocycles. The lowest BCUT2D eigenvalue weighted by Gasteiger charge is -2.51. The summed E-state index contributed by atoms with van der Waals surface area (Å²) in [6, 6.07) is 4.06. The Kier molecular flexibility index (Phi) is 4.40. The van der Waals surface area contributed by atoms with Gasteiger partial charge in [0.05, 0.1) is 6.04 Å². The maximum atomic E-state index is 13.8. The first-order chi connectivity index (χ1) is 12.1. The smallest absolute Gasteiger partial charge is 0.317 e. The van der Waals surface area contributed by atoms with Gasteiger partial charge in [-0.05, 0) is 56.0 Å². The molecule has 5 rings (SSSR count). The van der Waals surface area contributed by atoms with E-state index < -0.39 is 11.6 Å². The Bertz CT molecular complexity index is 640. The fourth-order valence-electron chi connectivity index (χ4n) is 5.07. The van der Waals surface area contributed by atoms with Crippen molar-refractivity contribution in [2.24, 2.45) is 5.92 Å². The summed E-state index contributed by atoms with van der Waals surface area (Å²) in [6.07, 6.45) is 3.09. The molecule has 3 atom stereocenters. The van der Waals surface area contributed by atoms with Gasteiger partial charge in [-0.25, -0.2) is 13.6 Å². The van der Waals surface area contributed by atoms with E-state index in [-0.39, 0.29) is 24.0 Å². The number of nitrogens with one attached hydrogen (secondary N) is 1. The van der Waals surface area contributed by atoms with Crippen LogP contribution in [0.1, 0.15) is 37.7 Å². The van der Waals surface area contributed by atoms with Crippen LogP contribution in [0.15, 0.2) is 18.2 Å². The molecule has 0 aromatic heterocycles. The lowest BCUT2D eigenvalue weighted by Crippen LogP contribution is -2.61. The van der Waals surface area contributed by atoms with Crippen molar-refractivity contribution in [1.82, 2.24) is 15.1 Å². The summed E-state index contributed by atoms with van der Waals surface area (Å²) in [7, 11) is 0. The summed E-state index contributed by atoms with van der Waals surface area (Å²) in [5.41, 5.74) is 0.672. The van der Waals surface area contributed by atoms with Gasteiger partial charge in [-0.2, -0.15) is 0 Å². The zero-order valence-electron chi connectivity index (χ0n) is 14.5. The minimum absolute atomic E-state index is 0.0364. The van der Waals surface area contributed by atoms with Crippen molar-refractivity contribution in [3.8, 4) is 0 Å². The monoisotopic (exact) mass is 349 g/mol. The molecular weight excluding hydrogens is 324 g/mol. The maximum absolute atomic E-state index is 13.8. The van der Waals surface area contributed by atoms with Gasteiger partial charge in [-0.1, -0.05) is 6.92 Å². The highest BCUT2D eigenvalue weighted by Gasteiger charge is 2.54. The molecule has 0 aliphatic carbocycles. The first-order valence-corrected chi connectivity index (χ1v) is 9.33. The third-order valence-corrected chi connectivity index (χ3v) is 6.09. The number of hydrogen-bond donors (Lipinski definition) is 1. The molecule has 0 saturated carbocycles. The Balaban J connectivity index is 1.67. The predicted octanol–water partition coefficient (Wildman–Crippen LogP) is 2.95. The van der Waals surface area contributed by atoms with Crippen LogP contribution in [0, 0.1) is 17.6 Å². The van der Waals surface area contributed by atoms with E-state index in [1.807, 2.05) is 11.8 Å². The van der Waals surface area contributed by atoms with Gasteiger partial charge in [0, 0.05) is 31.1 Å². The number of nitrogens with zero attached hydrogens (tertiary/aromatic N) is 2. The summed E-state index contributed by atoms with van der Waals surface area (Å²) >= 11 is 0. The number of hydrogen-bond acceptors (Lipinski definition) is 2. The molecule has 1 N–H and O–H groups in total. The quantitative estimate of drug-likeness (QED) is 0.911. The Labute approximate surface area is 147 Å². The van der Waals surface area contributed by atoms with E-state index in [9.17, 15) is 13.6 Å². The topological polar surface area (TPSA) is 35.6 Å². The summed E-state index contributed by atoms with van der Waals surface area (Å²) in [4.78, 5) is 17.1. The lowest BCUT2D eigenvalue weighted by atomic mass is 9.75. The van der Waals surface area contributed by atoms with Crippen molar-refractivity contribution < 1.29 is 13.6 Å². The molecular formula is C19H25F2N3O. The van der Waals surface area contributed by atoms with Crippen molar-refractivity contribution in [3.05, 3.63) is 35.4 Å². The van der Waals surface area contributed by atoms with E-state index >= 15 is 0 Å². The second-order valence-electron chi connectivity index (χ2n) is 7.55. The van der Waals surface area contributed by atoms with Gasteiger partial charge < -0.3 is 10.2 Å². The molecule has 4 fully saturated rings. The van der Waals surface area contributed by atoms with Crippen LogP contribution < -0.4 is 5.32 Å². The third-order valence-electron chi connectivity index (χ3n) is 6.09. The molecule has 2 amide bonds. The molecule has 4 nitrogen and oxygen atoms in total. The fraction of sp³-hybridized carbons (Fsp3) is 0.632. The average molecular weight is 349 g/mol. The number of rotatable bonds is 3. The molecule has 136 valence electrons. The van der Waals surface area contributed by atoms with Crippen molar-refractivity contribution in [2.75, 3.05) is 26.2 Å². The maximum Gasteiger partial charge on any atom is 0.317 e. The Morgan fingerprint density at radius 3 is 2.48 bits per heavy atom. The predicted molar refractivity (Wildman–Crippen MR) is 91.4 cm³/mol. The van der Waals surface area contributed by atoms with Crippen LogP contribution in [0.3, 0.4) is 0 Å². The van der Waals surface area contributed by atoms with Gasteiger partial charge >= 0.3 is 6.03 Å². The zero-order valence-corrected chi connectivity index (χ0v) is 14.5. The molecule has 4 aliphatic heterocycles. The molecule has 0 spiro atoms. The second-order valence-corrected chi connectivity index (χ2v) is 7.55. The van der Waals surface area contributed by atoms with Gasteiger partial charge in [-0.3, -0.25) is 4.90 Å². The van der Waals surface area contributed by atoms with Gasteiger partial charge in [0.2, 0.25) is 0 Å².